The summed E-state index contributed by atoms with van der Waals surface area (Å²) in [6.07, 6.45) is 7.66. The van der Waals surface area contributed by atoms with E-state index in [0.717, 1.165) is 25.4 Å². The molecule has 2 aromatic rings. The Bertz CT molecular complexity index is 669. The van der Waals surface area contributed by atoms with Crippen molar-refractivity contribution < 1.29 is 4.74 Å². The smallest absolute Gasteiger partial charge is 0.122 e. The van der Waals surface area contributed by atoms with Crippen molar-refractivity contribution in [3.05, 3.63) is 59.4 Å². The van der Waals surface area contributed by atoms with E-state index >= 15 is 0 Å². The number of nitrogens with zero attached hydrogens (tertiary/aromatic N) is 2. The van der Waals surface area contributed by atoms with Crippen molar-refractivity contribution in [2.24, 2.45) is 0 Å². The topological polar surface area (TPSA) is 25.4 Å². The van der Waals surface area contributed by atoms with Gasteiger partial charge in [-0.1, -0.05) is 38.5 Å². The van der Waals surface area contributed by atoms with Crippen LogP contribution in [0, 0.1) is 6.92 Å². The van der Waals surface area contributed by atoms with Crippen LogP contribution < -0.4 is 4.74 Å². The van der Waals surface area contributed by atoms with Gasteiger partial charge in [0, 0.05) is 25.0 Å². The molecule has 1 aromatic carbocycles. The summed E-state index contributed by atoms with van der Waals surface area (Å²) in [7, 11) is 0. The number of hydrogen-bond donors (Lipinski definition) is 0. The summed E-state index contributed by atoms with van der Waals surface area (Å²) in [4.78, 5) is 6.86. The Kier molecular flexibility index (Phi) is 6.09. The molecule has 3 rings (SSSR count). The van der Waals surface area contributed by atoms with E-state index in [9.17, 15) is 0 Å². The molecular weight excluding hydrogens is 308 g/mol. The Hall–Kier alpha value is -1.87. The highest BCUT2D eigenvalue weighted by Crippen LogP contribution is 2.30. The van der Waals surface area contributed by atoms with Crippen molar-refractivity contribution in [3.8, 4) is 5.75 Å². The summed E-state index contributed by atoms with van der Waals surface area (Å²) in [6, 6.07) is 11.3. The van der Waals surface area contributed by atoms with Gasteiger partial charge in [0.05, 0.1) is 0 Å². The lowest BCUT2D eigenvalue weighted by molar-refractivity contribution is 0.123. The molecule has 1 atom stereocenters. The van der Waals surface area contributed by atoms with Gasteiger partial charge in [-0.15, -0.1) is 0 Å². The Morgan fingerprint density at radius 3 is 2.88 bits per heavy atom. The number of hydrogen-bond acceptors (Lipinski definition) is 3. The normalized spacial score (nSPS) is 18.5. The molecule has 0 unspecified atom stereocenters. The second-order valence-corrected chi connectivity index (χ2v) is 7.36. The third kappa shape index (κ3) is 4.60. The predicted octanol–water partition coefficient (Wildman–Crippen LogP) is 5.12. The van der Waals surface area contributed by atoms with Crippen molar-refractivity contribution in [1.29, 1.82) is 0 Å². The minimum absolute atomic E-state index is 0.481. The summed E-state index contributed by atoms with van der Waals surface area (Å²) in [5.74, 6) is 1.56. The Balaban J connectivity index is 1.61. The zero-order valence-corrected chi connectivity index (χ0v) is 15.7. The maximum absolute atomic E-state index is 6.16. The molecule has 1 fully saturated rings. The molecule has 1 aromatic heterocycles. The quantitative estimate of drug-likeness (QED) is 0.731. The molecule has 0 bridgehead atoms. The zero-order valence-electron chi connectivity index (χ0n) is 15.7. The Morgan fingerprint density at radius 2 is 2.12 bits per heavy atom. The van der Waals surface area contributed by atoms with Gasteiger partial charge in [-0.05, 0) is 61.1 Å². The highest BCUT2D eigenvalue weighted by Gasteiger charge is 2.23. The number of aromatic nitrogens is 1. The van der Waals surface area contributed by atoms with Crippen LogP contribution >= 0.6 is 0 Å². The number of likely N-dealkylation sites (tertiary alicyclic amines) is 1. The number of pyridine rings is 1. The fraction of sp³-hybridized carbons (Fsp3) is 0.500. The lowest BCUT2D eigenvalue weighted by Gasteiger charge is -2.35. The molecule has 25 heavy (non-hydrogen) atoms. The summed E-state index contributed by atoms with van der Waals surface area (Å²) in [6.45, 7) is 9.41. The van der Waals surface area contributed by atoms with Crippen molar-refractivity contribution >= 4 is 0 Å². The summed E-state index contributed by atoms with van der Waals surface area (Å²) < 4.78 is 6.16. The van der Waals surface area contributed by atoms with Crippen LogP contribution in [0.25, 0.3) is 0 Å². The average Bonchev–Trinajstić information content (AvgIpc) is 2.64. The highest BCUT2D eigenvalue weighted by atomic mass is 16.5. The van der Waals surface area contributed by atoms with Crippen LogP contribution in [0.15, 0.2) is 42.7 Å². The fourth-order valence-electron chi connectivity index (χ4n) is 3.61. The molecule has 3 heteroatoms. The Morgan fingerprint density at radius 1 is 1.24 bits per heavy atom. The van der Waals surface area contributed by atoms with Gasteiger partial charge in [-0.2, -0.15) is 0 Å². The second-order valence-electron chi connectivity index (χ2n) is 7.36. The monoisotopic (exact) mass is 338 g/mol. The molecule has 0 spiro atoms. The SMILES string of the molecule is Cc1ccc(C(C)C)cc1OCCN1CCCC[C@@H]1c1cccnc1. The van der Waals surface area contributed by atoms with Crippen molar-refractivity contribution in [1.82, 2.24) is 9.88 Å². The molecule has 0 radical (unpaired) electrons. The maximum Gasteiger partial charge on any atom is 0.122 e. The first-order valence-corrected chi connectivity index (χ1v) is 9.52. The van der Waals surface area contributed by atoms with Gasteiger partial charge in [0.1, 0.15) is 12.4 Å². The van der Waals surface area contributed by atoms with Gasteiger partial charge in [0.2, 0.25) is 0 Å². The number of ether oxygens (including phenoxy) is 1. The van der Waals surface area contributed by atoms with Crippen molar-refractivity contribution in [2.75, 3.05) is 19.7 Å². The molecule has 2 heterocycles. The van der Waals surface area contributed by atoms with Crippen LogP contribution in [0.1, 0.15) is 61.8 Å². The van der Waals surface area contributed by atoms with Gasteiger partial charge >= 0.3 is 0 Å². The van der Waals surface area contributed by atoms with Gasteiger partial charge in [-0.3, -0.25) is 9.88 Å². The molecule has 0 aliphatic carbocycles. The minimum Gasteiger partial charge on any atom is -0.492 e. The number of aryl methyl sites for hydroxylation is 1. The first-order chi connectivity index (χ1) is 12.1. The molecule has 1 saturated heterocycles. The van der Waals surface area contributed by atoms with Crippen LogP contribution in [0.4, 0.5) is 0 Å². The van der Waals surface area contributed by atoms with Gasteiger partial charge in [-0.25, -0.2) is 0 Å². The third-order valence-electron chi connectivity index (χ3n) is 5.20. The van der Waals surface area contributed by atoms with Crippen LogP contribution in [-0.2, 0) is 0 Å². The zero-order chi connectivity index (χ0) is 17.6. The standard InChI is InChI=1S/C22H30N2O/c1-17(2)19-10-9-18(3)22(15-19)25-14-13-24-12-5-4-8-21(24)20-7-6-11-23-16-20/h6-7,9-11,15-17,21H,4-5,8,12-14H2,1-3H3/t21-/m1/s1. The molecule has 0 saturated carbocycles. The Labute approximate surface area is 152 Å². The van der Waals surface area contributed by atoms with Gasteiger partial charge < -0.3 is 4.74 Å². The van der Waals surface area contributed by atoms with Crippen LogP contribution in [0.3, 0.4) is 0 Å². The van der Waals surface area contributed by atoms with E-state index < -0.39 is 0 Å². The van der Waals surface area contributed by atoms with Gasteiger partial charge in [0.15, 0.2) is 0 Å². The van der Waals surface area contributed by atoms with E-state index in [1.54, 1.807) is 0 Å². The van der Waals surface area contributed by atoms with Crippen LogP contribution in [-0.4, -0.2) is 29.6 Å². The van der Waals surface area contributed by atoms with Crippen molar-refractivity contribution in [3.63, 3.8) is 0 Å². The number of benzene rings is 1. The van der Waals surface area contributed by atoms with E-state index in [4.69, 9.17) is 4.74 Å². The van der Waals surface area contributed by atoms with E-state index in [1.807, 2.05) is 18.5 Å². The molecule has 0 amide bonds. The van der Waals surface area contributed by atoms with Crippen LogP contribution in [0.2, 0.25) is 0 Å². The van der Waals surface area contributed by atoms with Crippen LogP contribution in [0.5, 0.6) is 5.75 Å². The molecule has 3 nitrogen and oxygen atoms in total. The summed E-state index contributed by atoms with van der Waals surface area (Å²) in [5.41, 5.74) is 3.89. The molecule has 0 N–H and O–H groups in total. The first kappa shape index (κ1) is 17.9. The summed E-state index contributed by atoms with van der Waals surface area (Å²) in [5, 5.41) is 0. The second kappa shape index (κ2) is 8.48. The van der Waals surface area contributed by atoms with E-state index in [2.05, 4.69) is 54.9 Å². The largest absolute Gasteiger partial charge is 0.492 e. The lowest BCUT2D eigenvalue weighted by atomic mass is 9.96. The molecular formula is C22H30N2O. The highest BCUT2D eigenvalue weighted by molar-refractivity contribution is 5.37. The molecule has 1 aliphatic rings. The molecule has 134 valence electrons. The summed E-state index contributed by atoms with van der Waals surface area (Å²) >= 11 is 0. The van der Waals surface area contributed by atoms with E-state index in [1.165, 1.54) is 36.0 Å². The van der Waals surface area contributed by atoms with Gasteiger partial charge in [0.25, 0.3) is 0 Å². The minimum atomic E-state index is 0.481. The maximum atomic E-state index is 6.16. The van der Waals surface area contributed by atoms with E-state index in [-0.39, 0.29) is 0 Å². The lowest BCUT2D eigenvalue weighted by Crippen LogP contribution is -2.36. The van der Waals surface area contributed by atoms with Crippen molar-refractivity contribution in [2.45, 2.75) is 52.0 Å². The predicted molar refractivity (Wildman–Crippen MR) is 103 cm³/mol. The van der Waals surface area contributed by atoms with E-state index in [0.29, 0.717) is 12.0 Å². The first-order valence-electron chi connectivity index (χ1n) is 9.52. The number of rotatable bonds is 6. The fourth-order valence-corrected chi connectivity index (χ4v) is 3.61. The average molecular weight is 338 g/mol. The third-order valence-corrected chi connectivity index (χ3v) is 5.20. The number of piperidine rings is 1. The molecule has 1 aliphatic heterocycles.